The number of H-pyrrole nitrogens is 1. The maximum absolute atomic E-state index is 13.4. The summed E-state index contributed by atoms with van der Waals surface area (Å²) >= 11 is 0. The number of para-hydroxylation sites is 1. The molecule has 2 heterocycles. The van der Waals surface area contributed by atoms with E-state index >= 15 is 0 Å². The van der Waals surface area contributed by atoms with Crippen LogP contribution in [-0.4, -0.2) is 19.9 Å². The number of nitriles is 1. The predicted molar refractivity (Wildman–Crippen MR) is 102 cm³/mol. The van der Waals surface area contributed by atoms with Crippen LogP contribution in [0.4, 0.5) is 26.4 Å². The van der Waals surface area contributed by atoms with Gasteiger partial charge in [0.15, 0.2) is 5.82 Å². The summed E-state index contributed by atoms with van der Waals surface area (Å²) in [5.41, 5.74) is 10.5. The van der Waals surface area contributed by atoms with E-state index in [1.54, 1.807) is 0 Å². The van der Waals surface area contributed by atoms with E-state index in [1.165, 1.54) is 18.2 Å². The van der Waals surface area contributed by atoms with Gasteiger partial charge in [-0.2, -0.15) is 15.2 Å². The SMILES string of the molecule is N#Cc1c(N)nc(N)nc1N[C@H](c1nc2c(C(F)F)cccc2c(=O)[nH]1)C1CC1. The van der Waals surface area contributed by atoms with Crippen molar-refractivity contribution in [2.75, 3.05) is 16.8 Å². The molecule has 148 valence electrons. The second-order valence-electron chi connectivity index (χ2n) is 6.76. The number of nitrogens with one attached hydrogen (secondary N) is 2. The number of fused-ring (bicyclic) bond motifs is 1. The second-order valence-corrected chi connectivity index (χ2v) is 6.76. The fraction of sp³-hybridized carbons (Fsp3) is 0.278. The maximum Gasteiger partial charge on any atom is 0.265 e. The molecule has 1 aliphatic rings. The van der Waals surface area contributed by atoms with Gasteiger partial charge in [0.2, 0.25) is 5.95 Å². The molecular weight excluding hydrogens is 382 g/mol. The maximum atomic E-state index is 13.4. The van der Waals surface area contributed by atoms with E-state index in [9.17, 15) is 18.8 Å². The third-order valence-electron chi connectivity index (χ3n) is 4.77. The van der Waals surface area contributed by atoms with Crippen molar-refractivity contribution < 1.29 is 8.78 Å². The van der Waals surface area contributed by atoms with Gasteiger partial charge in [0.25, 0.3) is 12.0 Å². The lowest BCUT2D eigenvalue weighted by Crippen LogP contribution is -2.23. The van der Waals surface area contributed by atoms with Crippen LogP contribution in [0, 0.1) is 17.2 Å². The Morgan fingerprint density at radius 1 is 1.24 bits per heavy atom. The largest absolute Gasteiger partial charge is 0.382 e. The molecule has 3 aromatic rings. The lowest BCUT2D eigenvalue weighted by molar-refractivity contribution is 0.153. The van der Waals surface area contributed by atoms with E-state index in [0.29, 0.717) is 0 Å². The molecule has 0 aliphatic heterocycles. The molecule has 0 unspecified atom stereocenters. The van der Waals surface area contributed by atoms with Crippen molar-refractivity contribution in [3.05, 3.63) is 45.5 Å². The molecule has 0 bridgehead atoms. The Morgan fingerprint density at radius 3 is 2.66 bits per heavy atom. The third kappa shape index (κ3) is 3.40. The molecule has 0 radical (unpaired) electrons. The van der Waals surface area contributed by atoms with Gasteiger partial charge in [-0.3, -0.25) is 4.79 Å². The van der Waals surface area contributed by atoms with Gasteiger partial charge in [-0.25, -0.2) is 13.8 Å². The van der Waals surface area contributed by atoms with Crippen LogP contribution in [-0.2, 0) is 0 Å². The molecule has 0 spiro atoms. The van der Waals surface area contributed by atoms with E-state index in [4.69, 9.17) is 11.5 Å². The van der Waals surface area contributed by atoms with Crippen LogP contribution < -0.4 is 22.3 Å². The zero-order chi connectivity index (χ0) is 20.7. The summed E-state index contributed by atoms with van der Waals surface area (Å²) in [6.45, 7) is 0. The van der Waals surface area contributed by atoms with Gasteiger partial charge in [-0.1, -0.05) is 12.1 Å². The summed E-state index contributed by atoms with van der Waals surface area (Å²) in [5.74, 6) is 0.130. The number of rotatable bonds is 5. The monoisotopic (exact) mass is 398 g/mol. The van der Waals surface area contributed by atoms with E-state index < -0.39 is 18.0 Å². The van der Waals surface area contributed by atoms with Crippen LogP contribution in [0.5, 0.6) is 0 Å². The van der Waals surface area contributed by atoms with E-state index in [1.807, 2.05) is 6.07 Å². The van der Waals surface area contributed by atoms with Gasteiger partial charge in [0.05, 0.1) is 16.9 Å². The number of halogens is 2. The van der Waals surface area contributed by atoms with Crippen molar-refractivity contribution in [2.24, 2.45) is 5.92 Å². The van der Waals surface area contributed by atoms with Crippen molar-refractivity contribution in [2.45, 2.75) is 25.3 Å². The number of alkyl halides is 2. The Morgan fingerprint density at radius 2 is 2.00 bits per heavy atom. The fourth-order valence-corrected chi connectivity index (χ4v) is 3.22. The van der Waals surface area contributed by atoms with Crippen molar-refractivity contribution in [1.29, 1.82) is 5.26 Å². The lowest BCUT2D eigenvalue weighted by atomic mass is 10.1. The molecule has 2 aromatic heterocycles. The van der Waals surface area contributed by atoms with Crippen molar-refractivity contribution >= 4 is 28.5 Å². The van der Waals surface area contributed by atoms with Gasteiger partial charge in [0, 0.05) is 5.56 Å². The molecule has 1 aliphatic carbocycles. The molecule has 1 fully saturated rings. The first-order valence-corrected chi connectivity index (χ1v) is 8.79. The van der Waals surface area contributed by atoms with E-state index in [-0.39, 0.29) is 51.4 Å². The molecule has 4 rings (SSSR count). The molecule has 0 saturated heterocycles. The Labute approximate surface area is 162 Å². The van der Waals surface area contributed by atoms with Gasteiger partial charge in [0.1, 0.15) is 23.3 Å². The molecule has 29 heavy (non-hydrogen) atoms. The predicted octanol–water partition coefficient (Wildman–Crippen LogP) is 2.25. The highest BCUT2D eigenvalue weighted by molar-refractivity contribution is 5.81. The Bertz CT molecular complexity index is 1200. The number of hydrogen-bond acceptors (Lipinski definition) is 8. The Hall–Kier alpha value is -3.81. The van der Waals surface area contributed by atoms with Gasteiger partial charge < -0.3 is 21.8 Å². The number of nitrogens with zero attached hydrogens (tertiary/aromatic N) is 4. The number of aromatic nitrogens is 4. The topological polar surface area (TPSA) is 159 Å². The second kappa shape index (κ2) is 6.97. The molecule has 6 N–H and O–H groups in total. The summed E-state index contributed by atoms with van der Waals surface area (Å²) in [5, 5.41) is 12.5. The van der Waals surface area contributed by atoms with Crippen molar-refractivity contribution in [3.63, 3.8) is 0 Å². The smallest absolute Gasteiger partial charge is 0.265 e. The number of aromatic amines is 1. The third-order valence-corrected chi connectivity index (χ3v) is 4.77. The summed E-state index contributed by atoms with van der Waals surface area (Å²) in [7, 11) is 0. The number of benzene rings is 1. The number of nitrogen functional groups attached to an aromatic ring is 2. The van der Waals surface area contributed by atoms with Gasteiger partial charge >= 0.3 is 0 Å². The van der Waals surface area contributed by atoms with Gasteiger partial charge in [-0.15, -0.1) is 0 Å². The first-order valence-electron chi connectivity index (χ1n) is 8.79. The molecule has 1 aromatic carbocycles. The number of anilines is 3. The van der Waals surface area contributed by atoms with Crippen LogP contribution in [0.1, 0.15) is 42.3 Å². The van der Waals surface area contributed by atoms with E-state index in [0.717, 1.165) is 12.8 Å². The highest BCUT2D eigenvalue weighted by atomic mass is 19.3. The van der Waals surface area contributed by atoms with Crippen LogP contribution in [0.3, 0.4) is 0 Å². The summed E-state index contributed by atoms with van der Waals surface area (Å²) in [4.78, 5) is 27.3. The zero-order valence-electron chi connectivity index (χ0n) is 15.0. The minimum atomic E-state index is -2.78. The average Bonchev–Trinajstić information content (AvgIpc) is 3.50. The molecule has 11 heteroatoms. The molecular formula is C18H16F2N8O. The molecule has 9 nitrogen and oxygen atoms in total. The summed E-state index contributed by atoms with van der Waals surface area (Å²) in [6, 6.07) is 5.41. The molecule has 1 atom stereocenters. The summed E-state index contributed by atoms with van der Waals surface area (Å²) < 4.78 is 26.8. The standard InChI is InChI=1S/C18H16F2N8O/c19-13(20)8-2-1-3-9-12(8)25-16(27-17(9)29)11(7-4-5-7)24-15-10(6-21)14(22)26-18(23)28-15/h1-3,7,11,13H,4-5H2,(H,25,27,29)(H5,22,23,24,26,28)/t11-/m0/s1. The minimum absolute atomic E-state index is 0.00116. The lowest BCUT2D eigenvalue weighted by Gasteiger charge is -2.20. The zero-order valence-corrected chi connectivity index (χ0v) is 15.0. The van der Waals surface area contributed by atoms with Crippen LogP contribution in [0.15, 0.2) is 23.0 Å². The van der Waals surface area contributed by atoms with Crippen LogP contribution in [0.2, 0.25) is 0 Å². The van der Waals surface area contributed by atoms with Crippen molar-refractivity contribution in [1.82, 2.24) is 19.9 Å². The Kier molecular flexibility index (Phi) is 4.46. The fourth-order valence-electron chi connectivity index (χ4n) is 3.22. The Balaban J connectivity index is 1.84. The van der Waals surface area contributed by atoms with Crippen LogP contribution in [0.25, 0.3) is 10.9 Å². The summed E-state index contributed by atoms with van der Waals surface area (Å²) in [6.07, 6.45) is -1.12. The quantitative estimate of drug-likeness (QED) is 0.509. The van der Waals surface area contributed by atoms with Gasteiger partial charge in [-0.05, 0) is 24.8 Å². The molecule has 1 saturated carbocycles. The first-order chi connectivity index (χ1) is 13.9. The minimum Gasteiger partial charge on any atom is -0.382 e. The molecule has 0 amide bonds. The number of nitrogens with two attached hydrogens (primary N) is 2. The number of hydrogen-bond donors (Lipinski definition) is 4. The average molecular weight is 398 g/mol. The normalized spacial score (nSPS) is 14.7. The van der Waals surface area contributed by atoms with E-state index in [2.05, 4.69) is 25.3 Å². The van der Waals surface area contributed by atoms with Crippen molar-refractivity contribution in [3.8, 4) is 6.07 Å². The highest BCUT2D eigenvalue weighted by Crippen LogP contribution is 2.42. The highest BCUT2D eigenvalue weighted by Gasteiger charge is 2.35. The van der Waals surface area contributed by atoms with Crippen LogP contribution >= 0.6 is 0 Å². The first kappa shape index (κ1) is 18.5.